The number of hydrogen-bond donors (Lipinski definition) is 1. The lowest BCUT2D eigenvalue weighted by Crippen LogP contribution is -2.37. The van der Waals surface area contributed by atoms with Crippen LogP contribution in [-0.2, 0) is 16.0 Å². The number of pyridine rings is 1. The maximum absolute atomic E-state index is 12.9. The minimum atomic E-state index is -0.319. The molecule has 0 atom stereocenters. The molecule has 0 radical (unpaired) electrons. The summed E-state index contributed by atoms with van der Waals surface area (Å²) >= 11 is 0. The van der Waals surface area contributed by atoms with Crippen LogP contribution in [0.4, 0.5) is 5.82 Å². The largest absolute Gasteiger partial charge is 0.462 e. The van der Waals surface area contributed by atoms with E-state index in [9.17, 15) is 9.59 Å². The lowest BCUT2D eigenvalue weighted by atomic mass is 10.1. The number of aromatic amines is 1. The van der Waals surface area contributed by atoms with Crippen molar-refractivity contribution in [2.45, 2.75) is 26.3 Å². The Hall–Kier alpha value is -3.98. The highest BCUT2D eigenvalue weighted by Gasteiger charge is 2.16. The van der Waals surface area contributed by atoms with Gasteiger partial charge in [-0.2, -0.15) is 0 Å². The number of rotatable bonds is 8. The lowest BCUT2D eigenvalue weighted by molar-refractivity contribution is 0.0499. The fourth-order valence-corrected chi connectivity index (χ4v) is 4.32. The summed E-state index contributed by atoms with van der Waals surface area (Å²) in [7, 11) is 0. The zero-order valence-corrected chi connectivity index (χ0v) is 20.3. The predicted molar refractivity (Wildman–Crippen MR) is 137 cm³/mol. The van der Waals surface area contributed by atoms with Gasteiger partial charge in [0.25, 0.3) is 0 Å². The summed E-state index contributed by atoms with van der Waals surface area (Å²) in [6.07, 6.45) is 3.67. The van der Waals surface area contributed by atoms with Crippen molar-refractivity contribution in [3.05, 3.63) is 76.1 Å². The Balaban J connectivity index is 1.40. The molecule has 0 saturated carbocycles. The number of para-hydroxylation sites is 1. The molecular formula is C27H29N5O4. The van der Waals surface area contributed by atoms with Crippen molar-refractivity contribution in [3.63, 3.8) is 0 Å². The molecule has 186 valence electrons. The number of nitrogens with one attached hydrogen (secondary N) is 1. The van der Waals surface area contributed by atoms with Gasteiger partial charge in [-0.05, 0) is 30.2 Å². The van der Waals surface area contributed by atoms with E-state index in [1.165, 1.54) is 0 Å². The van der Waals surface area contributed by atoms with E-state index in [2.05, 4.69) is 27.1 Å². The predicted octanol–water partition coefficient (Wildman–Crippen LogP) is 3.63. The van der Waals surface area contributed by atoms with Crippen molar-refractivity contribution >= 4 is 22.7 Å². The van der Waals surface area contributed by atoms with E-state index in [0.29, 0.717) is 43.0 Å². The Bertz CT molecular complexity index is 1420. The number of ether oxygens (including phenoxy) is 2. The van der Waals surface area contributed by atoms with Crippen LogP contribution in [0.2, 0.25) is 0 Å². The highest BCUT2D eigenvalue weighted by Crippen LogP contribution is 2.26. The molecule has 0 spiro atoms. The van der Waals surface area contributed by atoms with Gasteiger partial charge in [0.05, 0.1) is 43.6 Å². The monoisotopic (exact) mass is 487 g/mol. The SMILES string of the molecule is CCCCOC(=O)c1cccc(Cn2cc(-c3cccc4c(=O)cc(N5CCOCC5)[nH]c34)nn2)c1. The highest BCUT2D eigenvalue weighted by molar-refractivity contribution is 5.93. The van der Waals surface area contributed by atoms with Crippen LogP contribution in [0.1, 0.15) is 35.7 Å². The van der Waals surface area contributed by atoms with Gasteiger partial charge in [-0.3, -0.25) is 4.79 Å². The molecule has 1 N–H and O–H groups in total. The minimum Gasteiger partial charge on any atom is -0.462 e. The van der Waals surface area contributed by atoms with E-state index in [0.717, 1.165) is 48.4 Å². The van der Waals surface area contributed by atoms with Crippen molar-refractivity contribution in [3.8, 4) is 11.3 Å². The molecule has 1 aliphatic heterocycles. The molecule has 0 unspecified atom stereocenters. The van der Waals surface area contributed by atoms with E-state index in [1.54, 1.807) is 16.8 Å². The number of benzene rings is 2. The molecule has 2 aromatic heterocycles. The van der Waals surface area contributed by atoms with Crippen LogP contribution in [-0.4, -0.2) is 58.9 Å². The van der Waals surface area contributed by atoms with Crippen molar-refractivity contribution in [1.29, 1.82) is 0 Å². The van der Waals surface area contributed by atoms with Crippen LogP contribution in [0.5, 0.6) is 0 Å². The molecule has 9 nitrogen and oxygen atoms in total. The number of unbranched alkanes of at least 4 members (excludes halogenated alkanes) is 1. The summed E-state index contributed by atoms with van der Waals surface area (Å²) < 4.78 is 12.5. The van der Waals surface area contributed by atoms with Gasteiger partial charge >= 0.3 is 5.97 Å². The quantitative estimate of drug-likeness (QED) is 0.299. The zero-order valence-electron chi connectivity index (χ0n) is 20.3. The Morgan fingerprint density at radius 2 is 1.97 bits per heavy atom. The zero-order chi connectivity index (χ0) is 24.9. The molecule has 4 aromatic rings. The number of morpholine rings is 1. The first kappa shape index (κ1) is 23.7. The average molecular weight is 488 g/mol. The summed E-state index contributed by atoms with van der Waals surface area (Å²) in [6.45, 7) is 5.65. The third-order valence-corrected chi connectivity index (χ3v) is 6.26. The Morgan fingerprint density at radius 1 is 1.14 bits per heavy atom. The van der Waals surface area contributed by atoms with Gasteiger partial charge in [0.15, 0.2) is 5.43 Å². The van der Waals surface area contributed by atoms with Gasteiger partial charge < -0.3 is 19.4 Å². The number of H-pyrrole nitrogens is 1. The van der Waals surface area contributed by atoms with Crippen molar-refractivity contribution in [2.24, 2.45) is 0 Å². The second-order valence-electron chi connectivity index (χ2n) is 8.84. The number of aromatic nitrogens is 4. The van der Waals surface area contributed by atoms with E-state index in [4.69, 9.17) is 9.47 Å². The first-order valence-corrected chi connectivity index (χ1v) is 12.3. The molecule has 0 amide bonds. The van der Waals surface area contributed by atoms with E-state index in [-0.39, 0.29) is 11.4 Å². The van der Waals surface area contributed by atoms with E-state index < -0.39 is 0 Å². The summed E-state index contributed by atoms with van der Waals surface area (Å²) in [5, 5.41) is 9.28. The minimum absolute atomic E-state index is 0.0397. The summed E-state index contributed by atoms with van der Waals surface area (Å²) in [5.74, 6) is 0.457. The van der Waals surface area contributed by atoms with E-state index >= 15 is 0 Å². The molecule has 2 aromatic carbocycles. The Kier molecular flexibility index (Phi) is 7.08. The molecule has 1 fully saturated rings. The topological polar surface area (TPSA) is 102 Å². The fourth-order valence-electron chi connectivity index (χ4n) is 4.32. The number of carbonyl (C=O) groups is 1. The van der Waals surface area contributed by atoms with Gasteiger partial charge in [-0.1, -0.05) is 42.8 Å². The molecule has 5 rings (SSSR count). The molecule has 9 heteroatoms. The van der Waals surface area contributed by atoms with Crippen LogP contribution in [0.15, 0.2) is 59.5 Å². The number of anilines is 1. The van der Waals surface area contributed by atoms with Gasteiger partial charge in [0.1, 0.15) is 11.5 Å². The van der Waals surface area contributed by atoms with Gasteiger partial charge in [-0.15, -0.1) is 5.10 Å². The maximum Gasteiger partial charge on any atom is 0.338 e. The van der Waals surface area contributed by atoms with Gasteiger partial charge in [0, 0.05) is 30.1 Å². The number of esters is 1. The Labute approximate surface area is 208 Å². The van der Waals surface area contributed by atoms with Crippen LogP contribution >= 0.6 is 0 Å². The lowest BCUT2D eigenvalue weighted by Gasteiger charge is -2.28. The van der Waals surface area contributed by atoms with Crippen LogP contribution < -0.4 is 10.3 Å². The van der Waals surface area contributed by atoms with Gasteiger partial charge in [0.2, 0.25) is 0 Å². The summed E-state index contributed by atoms with van der Waals surface area (Å²) in [6, 6.07) is 14.6. The second kappa shape index (κ2) is 10.7. The highest BCUT2D eigenvalue weighted by atomic mass is 16.5. The van der Waals surface area contributed by atoms with Gasteiger partial charge in [-0.25, -0.2) is 9.48 Å². The summed E-state index contributed by atoms with van der Waals surface area (Å²) in [4.78, 5) is 30.8. The Morgan fingerprint density at radius 3 is 2.81 bits per heavy atom. The average Bonchev–Trinajstić information content (AvgIpc) is 3.37. The molecule has 3 heterocycles. The molecule has 0 aliphatic carbocycles. The normalized spacial score (nSPS) is 13.8. The maximum atomic E-state index is 12.9. The first-order chi connectivity index (χ1) is 17.6. The third-order valence-electron chi connectivity index (χ3n) is 6.26. The number of nitrogens with zero attached hydrogens (tertiary/aromatic N) is 4. The molecular weight excluding hydrogens is 458 g/mol. The van der Waals surface area contributed by atoms with Crippen molar-refractivity contribution in [2.75, 3.05) is 37.8 Å². The number of carbonyl (C=O) groups excluding carboxylic acids is 1. The van der Waals surface area contributed by atoms with Crippen LogP contribution in [0.3, 0.4) is 0 Å². The fraction of sp³-hybridized carbons (Fsp3) is 0.333. The van der Waals surface area contributed by atoms with Crippen molar-refractivity contribution in [1.82, 2.24) is 20.0 Å². The molecule has 1 aliphatic rings. The third kappa shape index (κ3) is 5.16. The van der Waals surface area contributed by atoms with E-state index in [1.807, 2.05) is 42.6 Å². The molecule has 1 saturated heterocycles. The standard InChI is InChI=1S/C27H29N5O4/c1-2-3-12-36-27(34)20-7-4-6-19(15-20)17-32-18-23(29-30-32)21-8-5-9-22-24(33)16-25(28-26(21)22)31-10-13-35-14-11-31/h4-9,15-16,18H,2-3,10-14,17H2,1H3,(H,28,33). The first-order valence-electron chi connectivity index (χ1n) is 12.3. The van der Waals surface area contributed by atoms with Crippen molar-refractivity contribution < 1.29 is 14.3 Å². The number of fused-ring (bicyclic) bond motifs is 1. The van der Waals surface area contributed by atoms with Crippen LogP contribution in [0.25, 0.3) is 22.2 Å². The second-order valence-corrected chi connectivity index (χ2v) is 8.84. The number of hydrogen-bond acceptors (Lipinski definition) is 7. The summed E-state index contributed by atoms with van der Waals surface area (Å²) in [5.41, 5.74) is 3.59. The smallest absolute Gasteiger partial charge is 0.338 e. The molecule has 36 heavy (non-hydrogen) atoms. The van der Waals surface area contributed by atoms with Crippen LogP contribution in [0, 0.1) is 0 Å². The molecule has 0 bridgehead atoms.